The molecule has 15 heavy (non-hydrogen) atoms. The van der Waals surface area contributed by atoms with E-state index in [1.54, 1.807) is 4.68 Å². The lowest BCUT2D eigenvalue weighted by Gasteiger charge is -2.04. The Kier molecular flexibility index (Phi) is 2.78. The molecule has 4 nitrogen and oxygen atoms in total. The highest BCUT2D eigenvalue weighted by Gasteiger charge is 2.02. The van der Waals surface area contributed by atoms with Crippen molar-refractivity contribution in [1.82, 2.24) is 19.9 Å². The van der Waals surface area contributed by atoms with Gasteiger partial charge in [-0.25, -0.2) is 4.68 Å². The fraction of sp³-hybridized carbons (Fsp3) is 0.273. The molecule has 1 aromatic heterocycles. The van der Waals surface area contributed by atoms with Crippen molar-refractivity contribution in [2.24, 2.45) is 0 Å². The summed E-state index contributed by atoms with van der Waals surface area (Å²) in [6.07, 6.45) is 1.94. The summed E-state index contributed by atoms with van der Waals surface area (Å²) in [5.74, 6) is 0. The first kappa shape index (κ1) is 9.86. The molecular formula is C11H13N4. The van der Waals surface area contributed by atoms with Crippen molar-refractivity contribution in [1.29, 1.82) is 0 Å². The van der Waals surface area contributed by atoms with Crippen LogP contribution >= 0.6 is 0 Å². The van der Waals surface area contributed by atoms with Gasteiger partial charge in [0, 0.05) is 6.54 Å². The van der Waals surface area contributed by atoms with Gasteiger partial charge in [-0.2, -0.15) is 0 Å². The summed E-state index contributed by atoms with van der Waals surface area (Å²) in [5, 5.41) is 8.16. The van der Waals surface area contributed by atoms with Crippen LogP contribution in [0.4, 0.5) is 0 Å². The van der Waals surface area contributed by atoms with Crippen LogP contribution in [-0.4, -0.2) is 34.0 Å². The zero-order valence-corrected chi connectivity index (χ0v) is 8.88. The minimum atomic E-state index is 0.805. The molecule has 0 saturated heterocycles. The van der Waals surface area contributed by atoms with E-state index in [4.69, 9.17) is 0 Å². The first-order valence-corrected chi connectivity index (χ1v) is 4.78. The third-order valence-corrected chi connectivity index (χ3v) is 1.98. The molecule has 0 aliphatic heterocycles. The zero-order valence-electron chi connectivity index (χ0n) is 8.88. The van der Waals surface area contributed by atoms with Crippen molar-refractivity contribution < 1.29 is 0 Å². The second-order valence-electron chi connectivity index (χ2n) is 3.65. The highest BCUT2D eigenvalue weighted by atomic mass is 15.4. The van der Waals surface area contributed by atoms with E-state index in [9.17, 15) is 0 Å². The topological polar surface area (TPSA) is 34.0 Å². The summed E-state index contributed by atoms with van der Waals surface area (Å²) in [4.78, 5) is 2.06. The van der Waals surface area contributed by atoms with E-state index in [0.717, 1.165) is 17.9 Å². The van der Waals surface area contributed by atoms with Gasteiger partial charge in [0.15, 0.2) is 0 Å². The van der Waals surface area contributed by atoms with Crippen LogP contribution in [-0.2, 0) is 6.54 Å². The smallest absolute Gasteiger partial charge is 0.0971 e. The lowest BCUT2D eigenvalue weighted by molar-refractivity contribution is 0.396. The van der Waals surface area contributed by atoms with Crippen LogP contribution in [0.15, 0.2) is 30.5 Å². The molecule has 0 atom stereocenters. The normalized spacial score (nSPS) is 10.9. The average molecular weight is 201 g/mol. The molecule has 1 aromatic carbocycles. The molecule has 0 fully saturated rings. The van der Waals surface area contributed by atoms with Gasteiger partial charge < -0.3 is 4.90 Å². The highest BCUT2D eigenvalue weighted by Crippen LogP contribution is 2.05. The van der Waals surface area contributed by atoms with E-state index < -0.39 is 0 Å². The molecule has 0 spiro atoms. The van der Waals surface area contributed by atoms with Gasteiger partial charge in [0.25, 0.3) is 0 Å². The minimum absolute atomic E-state index is 0.805. The SMILES string of the molecule is CN(C)Cc1cn(-c2cc[c]cc2)nn1. The standard InChI is InChI=1S/C11H13N4/c1-14(2)8-10-9-15(13-12-10)11-6-4-3-5-7-11/h4-7,9H,8H2,1-2H3. The van der Waals surface area contributed by atoms with Gasteiger partial charge in [-0.05, 0) is 32.3 Å². The van der Waals surface area contributed by atoms with Gasteiger partial charge in [0.05, 0.1) is 17.6 Å². The Balaban J connectivity index is 2.21. The van der Waals surface area contributed by atoms with Crippen molar-refractivity contribution in [2.75, 3.05) is 14.1 Å². The summed E-state index contributed by atoms with van der Waals surface area (Å²) in [5.41, 5.74) is 1.97. The van der Waals surface area contributed by atoms with E-state index in [-0.39, 0.29) is 0 Å². The Labute approximate surface area is 89.1 Å². The Morgan fingerprint density at radius 3 is 2.73 bits per heavy atom. The Bertz CT molecular complexity index is 419. The lowest BCUT2D eigenvalue weighted by Crippen LogP contribution is -2.10. The summed E-state index contributed by atoms with van der Waals surface area (Å²) in [6.45, 7) is 0.805. The van der Waals surface area contributed by atoms with Gasteiger partial charge in [0.1, 0.15) is 0 Å². The number of hydrogen-bond donors (Lipinski definition) is 0. The van der Waals surface area contributed by atoms with Gasteiger partial charge in [-0.1, -0.05) is 17.3 Å². The van der Waals surface area contributed by atoms with Gasteiger partial charge in [0.2, 0.25) is 0 Å². The molecule has 4 heteroatoms. The third kappa shape index (κ3) is 2.41. The predicted octanol–water partition coefficient (Wildman–Crippen LogP) is 1.13. The quantitative estimate of drug-likeness (QED) is 0.746. The molecule has 0 N–H and O–H groups in total. The van der Waals surface area contributed by atoms with Crippen molar-refractivity contribution >= 4 is 0 Å². The van der Waals surface area contributed by atoms with Gasteiger partial charge in [-0.15, -0.1) is 5.10 Å². The van der Waals surface area contributed by atoms with E-state index in [0.29, 0.717) is 0 Å². The Morgan fingerprint density at radius 1 is 1.33 bits per heavy atom. The molecule has 0 unspecified atom stereocenters. The van der Waals surface area contributed by atoms with Crippen LogP contribution in [0.1, 0.15) is 5.69 Å². The lowest BCUT2D eigenvalue weighted by atomic mass is 10.3. The van der Waals surface area contributed by atoms with E-state index in [2.05, 4.69) is 21.3 Å². The van der Waals surface area contributed by atoms with Crippen LogP contribution < -0.4 is 0 Å². The molecule has 0 bridgehead atoms. The van der Waals surface area contributed by atoms with Crippen molar-refractivity contribution in [3.05, 3.63) is 42.2 Å². The summed E-state index contributed by atoms with van der Waals surface area (Å²) >= 11 is 0. The molecule has 1 heterocycles. The second-order valence-corrected chi connectivity index (χ2v) is 3.65. The summed E-state index contributed by atoms with van der Waals surface area (Å²) < 4.78 is 1.77. The fourth-order valence-corrected chi connectivity index (χ4v) is 1.35. The molecule has 0 aliphatic carbocycles. The molecule has 2 aromatic rings. The molecule has 0 saturated carbocycles. The zero-order chi connectivity index (χ0) is 10.7. The van der Waals surface area contributed by atoms with Gasteiger partial charge in [-0.3, -0.25) is 0 Å². The van der Waals surface area contributed by atoms with Gasteiger partial charge >= 0.3 is 0 Å². The van der Waals surface area contributed by atoms with Crippen LogP contribution in [0.25, 0.3) is 5.69 Å². The number of nitrogens with zero attached hydrogens (tertiary/aromatic N) is 4. The fourth-order valence-electron chi connectivity index (χ4n) is 1.35. The largest absolute Gasteiger partial charge is 0.303 e. The number of benzene rings is 1. The maximum Gasteiger partial charge on any atom is 0.0971 e. The molecule has 1 radical (unpaired) electrons. The van der Waals surface area contributed by atoms with Crippen molar-refractivity contribution in [2.45, 2.75) is 6.54 Å². The van der Waals surface area contributed by atoms with Crippen LogP contribution in [0.3, 0.4) is 0 Å². The first-order valence-electron chi connectivity index (χ1n) is 4.78. The Morgan fingerprint density at radius 2 is 2.07 bits per heavy atom. The van der Waals surface area contributed by atoms with Crippen LogP contribution in [0.5, 0.6) is 0 Å². The maximum atomic E-state index is 4.09. The van der Waals surface area contributed by atoms with Crippen molar-refractivity contribution in [3.8, 4) is 5.69 Å². The average Bonchev–Trinajstić information content (AvgIpc) is 2.67. The first-order chi connectivity index (χ1) is 7.25. The number of aromatic nitrogens is 3. The third-order valence-electron chi connectivity index (χ3n) is 1.98. The maximum absolute atomic E-state index is 4.09. The number of hydrogen-bond acceptors (Lipinski definition) is 3. The second kappa shape index (κ2) is 4.23. The molecular weight excluding hydrogens is 188 g/mol. The van der Waals surface area contributed by atoms with Crippen LogP contribution in [0.2, 0.25) is 0 Å². The highest BCUT2D eigenvalue weighted by molar-refractivity contribution is 5.29. The molecule has 0 aliphatic rings. The van der Waals surface area contributed by atoms with E-state index in [1.165, 1.54) is 0 Å². The molecule has 0 amide bonds. The van der Waals surface area contributed by atoms with E-state index >= 15 is 0 Å². The van der Waals surface area contributed by atoms with E-state index in [1.807, 2.05) is 44.6 Å². The minimum Gasteiger partial charge on any atom is -0.303 e. The summed E-state index contributed by atoms with van der Waals surface area (Å²) in [6, 6.07) is 10.6. The molecule has 2 rings (SSSR count). The Hall–Kier alpha value is -1.68. The van der Waals surface area contributed by atoms with Crippen LogP contribution in [0, 0.1) is 6.07 Å². The molecule has 77 valence electrons. The van der Waals surface area contributed by atoms with Crippen molar-refractivity contribution in [3.63, 3.8) is 0 Å². The predicted molar refractivity (Wildman–Crippen MR) is 57.6 cm³/mol. The monoisotopic (exact) mass is 201 g/mol. The number of rotatable bonds is 3. The summed E-state index contributed by atoms with van der Waals surface area (Å²) in [7, 11) is 4.02.